The number of thiazole rings is 1. The molecule has 1 atom stereocenters. The predicted octanol–water partition coefficient (Wildman–Crippen LogP) is 5.10. The fourth-order valence-corrected chi connectivity index (χ4v) is 5.64. The first-order valence-electron chi connectivity index (χ1n) is 10.1. The van der Waals surface area contributed by atoms with E-state index in [2.05, 4.69) is 16.2 Å². The minimum absolute atomic E-state index is 0.120. The Balaban J connectivity index is 1.31. The van der Waals surface area contributed by atoms with Gasteiger partial charge in [0.15, 0.2) is 0 Å². The lowest BCUT2D eigenvalue weighted by Crippen LogP contribution is -2.39. The molecule has 1 fully saturated rings. The second-order valence-corrected chi connectivity index (χ2v) is 9.39. The van der Waals surface area contributed by atoms with E-state index >= 15 is 0 Å². The van der Waals surface area contributed by atoms with E-state index < -0.39 is 0 Å². The Morgan fingerprint density at radius 2 is 2.10 bits per heavy atom. The molecular formula is C23H22N4OS2. The van der Waals surface area contributed by atoms with Crippen LogP contribution in [0.15, 0.2) is 71.3 Å². The fraction of sp³-hybridized carbons (Fsp3) is 0.261. The molecule has 152 valence electrons. The first-order valence-corrected chi connectivity index (χ1v) is 12.0. The van der Waals surface area contributed by atoms with E-state index in [9.17, 15) is 4.79 Å². The predicted molar refractivity (Wildman–Crippen MR) is 121 cm³/mol. The number of amides is 1. The molecule has 1 saturated heterocycles. The number of nitrogens with zero attached hydrogens (tertiary/aromatic N) is 4. The highest BCUT2D eigenvalue weighted by atomic mass is 32.2. The first-order chi connectivity index (χ1) is 14.8. The smallest absolute Gasteiger partial charge is 0.255 e. The van der Waals surface area contributed by atoms with Crippen molar-refractivity contribution in [2.24, 2.45) is 0 Å². The Labute approximate surface area is 183 Å². The quantitative estimate of drug-likeness (QED) is 0.410. The molecular weight excluding hydrogens is 412 g/mol. The molecule has 0 spiro atoms. The molecule has 7 heteroatoms. The van der Waals surface area contributed by atoms with E-state index in [0.717, 1.165) is 58.5 Å². The number of pyridine rings is 1. The molecule has 1 unspecified atom stereocenters. The van der Waals surface area contributed by atoms with Crippen molar-refractivity contribution in [3.05, 3.63) is 82.7 Å². The van der Waals surface area contributed by atoms with Crippen LogP contribution in [0.5, 0.6) is 0 Å². The molecule has 1 amide bonds. The third-order valence-corrected chi connectivity index (χ3v) is 7.46. The van der Waals surface area contributed by atoms with Crippen molar-refractivity contribution in [3.63, 3.8) is 0 Å². The van der Waals surface area contributed by atoms with Crippen LogP contribution in [0.3, 0.4) is 0 Å². The Morgan fingerprint density at radius 3 is 2.97 bits per heavy atom. The van der Waals surface area contributed by atoms with E-state index in [4.69, 9.17) is 0 Å². The minimum Gasteiger partial charge on any atom is -0.338 e. The maximum Gasteiger partial charge on any atom is 0.255 e. The van der Waals surface area contributed by atoms with E-state index in [1.807, 2.05) is 69.5 Å². The summed E-state index contributed by atoms with van der Waals surface area (Å²) in [7, 11) is 0. The van der Waals surface area contributed by atoms with Crippen LogP contribution in [0.1, 0.15) is 39.8 Å². The van der Waals surface area contributed by atoms with Gasteiger partial charge in [-0.05, 0) is 37.1 Å². The van der Waals surface area contributed by atoms with Crippen molar-refractivity contribution in [1.29, 1.82) is 0 Å². The monoisotopic (exact) mass is 434 g/mol. The normalized spacial score (nSPS) is 16.8. The van der Waals surface area contributed by atoms with Crippen LogP contribution in [-0.4, -0.2) is 38.3 Å². The zero-order valence-electron chi connectivity index (χ0n) is 16.5. The second kappa shape index (κ2) is 8.62. The van der Waals surface area contributed by atoms with Gasteiger partial charge in [-0.2, -0.15) is 0 Å². The van der Waals surface area contributed by atoms with Crippen LogP contribution in [0.4, 0.5) is 0 Å². The van der Waals surface area contributed by atoms with Gasteiger partial charge >= 0.3 is 0 Å². The lowest BCUT2D eigenvalue weighted by Gasteiger charge is -2.32. The molecule has 4 aromatic rings. The van der Waals surface area contributed by atoms with E-state index in [0.29, 0.717) is 5.92 Å². The third kappa shape index (κ3) is 4.00. The Kier molecular flexibility index (Phi) is 5.55. The van der Waals surface area contributed by atoms with Crippen LogP contribution < -0.4 is 0 Å². The molecule has 1 aliphatic rings. The fourth-order valence-electron chi connectivity index (χ4n) is 3.95. The minimum atomic E-state index is 0.120. The van der Waals surface area contributed by atoms with E-state index in [-0.39, 0.29) is 5.91 Å². The molecule has 0 N–H and O–H groups in total. The summed E-state index contributed by atoms with van der Waals surface area (Å²) in [5.41, 5.74) is 2.74. The molecule has 5 rings (SSSR count). The van der Waals surface area contributed by atoms with E-state index in [1.165, 1.54) is 0 Å². The summed E-state index contributed by atoms with van der Waals surface area (Å²) >= 11 is 3.36. The Hall–Kier alpha value is -2.64. The van der Waals surface area contributed by atoms with Gasteiger partial charge in [-0.1, -0.05) is 18.2 Å². The summed E-state index contributed by atoms with van der Waals surface area (Å²) in [6.45, 7) is 1.56. The number of rotatable bonds is 5. The number of likely N-dealkylation sites (tertiary alicyclic amines) is 1. The highest BCUT2D eigenvalue weighted by molar-refractivity contribution is 7.98. The molecule has 0 bridgehead atoms. The van der Waals surface area contributed by atoms with Crippen molar-refractivity contribution in [1.82, 2.24) is 19.3 Å². The zero-order chi connectivity index (χ0) is 20.3. The summed E-state index contributed by atoms with van der Waals surface area (Å²) in [5.74, 6) is 1.20. The number of piperidine rings is 1. The number of fused-ring (bicyclic) bond motifs is 1. The summed E-state index contributed by atoms with van der Waals surface area (Å²) in [4.78, 5) is 25.5. The standard InChI is InChI=1S/C23H22N4OS2/c28-23(27-12-5-6-17(14-27)22-24-10-13-29-22)19-7-1-2-8-20(19)30-16-18-15-26-11-4-3-9-21(26)25-18/h1-4,7-11,13,15,17H,5-6,12,14,16H2. The molecule has 4 heterocycles. The number of hydrogen-bond acceptors (Lipinski definition) is 5. The first kappa shape index (κ1) is 19.3. The number of imidazole rings is 1. The molecule has 30 heavy (non-hydrogen) atoms. The topological polar surface area (TPSA) is 50.5 Å². The summed E-state index contributed by atoms with van der Waals surface area (Å²) in [6.07, 6.45) is 8.03. The molecule has 0 saturated carbocycles. The number of carbonyl (C=O) groups excluding carboxylic acids is 1. The molecule has 5 nitrogen and oxygen atoms in total. The van der Waals surface area contributed by atoms with Gasteiger partial charge in [0.25, 0.3) is 5.91 Å². The molecule has 0 radical (unpaired) electrons. The number of carbonyl (C=O) groups is 1. The lowest BCUT2D eigenvalue weighted by atomic mass is 9.98. The largest absolute Gasteiger partial charge is 0.338 e. The summed E-state index contributed by atoms with van der Waals surface area (Å²) in [5, 5.41) is 3.16. The third-order valence-electron chi connectivity index (χ3n) is 5.42. The maximum absolute atomic E-state index is 13.4. The van der Waals surface area contributed by atoms with Crippen LogP contribution in [0.2, 0.25) is 0 Å². The van der Waals surface area contributed by atoms with Crippen molar-refractivity contribution >= 4 is 34.7 Å². The average molecular weight is 435 g/mol. The summed E-state index contributed by atoms with van der Waals surface area (Å²) < 4.78 is 2.03. The molecule has 1 aliphatic heterocycles. The van der Waals surface area contributed by atoms with E-state index in [1.54, 1.807) is 23.1 Å². The molecule has 3 aromatic heterocycles. The van der Waals surface area contributed by atoms with Crippen molar-refractivity contribution < 1.29 is 4.79 Å². The highest BCUT2D eigenvalue weighted by Gasteiger charge is 2.27. The zero-order valence-corrected chi connectivity index (χ0v) is 18.1. The number of thioether (sulfide) groups is 1. The number of aromatic nitrogens is 3. The van der Waals surface area contributed by atoms with Gasteiger partial charge in [0.1, 0.15) is 5.65 Å². The second-order valence-electron chi connectivity index (χ2n) is 7.44. The van der Waals surface area contributed by atoms with Crippen molar-refractivity contribution in [2.45, 2.75) is 29.4 Å². The van der Waals surface area contributed by atoms with Crippen LogP contribution in [-0.2, 0) is 5.75 Å². The van der Waals surface area contributed by atoms with Crippen molar-refractivity contribution in [3.8, 4) is 0 Å². The van der Waals surface area contributed by atoms with Gasteiger partial charge in [-0.15, -0.1) is 23.1 Å². The highest BCUT2D eigenvalue weighted by Crippen LogP contribution is 2.31. The van der Waals surface area contributed by atoms with Gasteiger partial charge in [0, 0.05) is 53.6 Å². The Morgan fingerprint density at radius 1 is 1.20 bits per heavy atom. The van der Waals surface area contributed by atoms with Crippen LogP contribution >= 0.6 is 23.1 Å². The van der Waals surface area contributed by atoms with Gasteiger partial charge in [0.2, 0.25) is 0 Å². The Bertz CT molecular complexity index is 1120. The molecule has 1 aromatic carbocycles. The maximum atomic E-state index is 13.4. The summed E-state index contributed by atoms with van der Waals surface area (Å²) in [6, 6.07) is 13.9. The molecule has 0 aliphatic carbocycles. The van der Waals surface area contributed by atoms with Gasteiger partial charge in [0.05, 0.1) is 16.3 Å². The average Bonchev–Trinajstić information content (AvgIpc) is 3.47. The van der Waals surface area contributed by atoms with Gasteiger partial charge in [-0.3, -0.25) is 4.79 Å². The van der Waals surface area contributed by atoms with Crippen LogP contribution in [0.25, 0.3) is 5.65 Å². The van der Waals surface area contributed by atoms with Gasteiger partial charge < -0.3 is 9.30 Å². The van der Waals surface area contributed by atoms with Gasteiger partial charge in [-0.25, -0.2) is 9.97 Å². The number of hydrogen-bond donors (Lipinski definition) is 0. The SMILES string of the molecule is O=C(c1ccccc1SCc1cn2ccccc2n1)N1CCCC(c2nccs2)C1. The lowest BCUT2D eigenvalue weighted by molar-refractivity contribution is 0.0703. The number of benzene rings is 1. The van der Waals surface area contributed by atoms with Crippen molar-refractivity contribution in [2.75, 3.05) is 13.1 Å². The van der Waals surface area contributed by atoms with Crippen LogP contribution in [0, 0.1) is 0 Å².